The van der Waals surface area contributed by atoms with Gasteiger partial charge in [0.05, 0.1) is 19.9 Å². The number of benzene rings is 1. The first-order valence-corrected chi connectivity index (χ1v) is 6.20. The van der Waals surface area contributed by atoms with Crippen molar-refractivity contribution in [2.75, 3.05) is 14.2 Å². The maximum absolute atomic E-state index is 9.13. The molecule has 0 aliphatic heterocycles. The van der Waals surface area contributed by atoms with Crippen LogP contribution in [0.5, 0.6) is 11.5 Å². The lowest BCUT2D eigenvalue weighted by Gasteiger charge is -2.11. The van der Waals surface area contributed by atoms with Crippen LogP contribution >= 0.6 is 0 Å². The van der Waals surface area contributed by atoms with Crippen LogP contribution in [0, 0.1) is 0 Å². The Bertz CT molecular complexity index is 402. The molecule has 0 saturated carbocycles. The summed E-state index contributed by atoms with van der Waals surface area (Å²) in [4.78, 5) is 0. The van der Waals surface area contributed by atoms with E-state index >= 15 is 0 Å². The molecule has 0 unspecified atom stereocenters. The Kier molecular flexibility index (Phi) is 6.05. The zero-order chi connectivity index (χ0) is 13.4. The van der Waals surface area contributed by atoms with Crippen molar-refractivity contribution in [1.29, 1.82) is 0 Å². The van der Waals surface area contributed by atoms with Crippen molar-refractivity contribution >= 4 is 5.71 Å². The van der Waals surface area contributed by atoms with Gasteiger partial charge in [0.25, 0.3) is 0 Å². The fourth-order valence-electron chi connectivity index (χ4n) is 1.82. The second-order valence-electron chi connectivity index (χ2n) is 4.07. The Hall–Kier alpha value is -1.71. The largest absolute Gasteiger partial charge is 0.497 e. The summed E-state index contributed by atoms with van der Waals surface area (Å²) in [5.74, 6) is 1.39. The lowest BCUT2D eigenvalue weighted by atomic mass is 10.0. The van der Waals surface area contributed by atoms with Crippen LogP contribution in [0.25, 0.3) is 0 Å². The Balaban J connectivity index is 2.91. The van der Waals surface area contributed by atoms with Crippen LogP contribution in [0.4, 0.5) is 0 Å². The van der Waals surface area contributed by atoms with Crippen molar-refractivity contribution < 1.29 is 14.7 Å². The fraction of sp³-hybridized carbons (Fsp3) is 0.500. The molecule has 0 atom stereocenters. The highest BCUT2D eigenvalue weighted by atomic mass is 16.5. The number of ether oxygens (including phenoxy) is 2. The molecule has 100 valence electrons. The van der Waals surface area contributed by atoms with Crippen molar-refractivity contribution in [3.05, 3.63) is 23.8 Å². The van der Waals surface area contributed by atoms with Gasteiger partial charge in [-0.1, -0.05) is 24.9 Å². The molecule has 0 aliphatic carbocycles. The van der Waals surface area contributed by atoms with Crippen LogP contribution in [0.3, 0.4) is 0 Å². The molecule has 1 aromatic rings. The third-order valence-corrected chi connectivity index (χ3v) is 2.86. The van der Waals surface area contributed by atoms with Gasteiger partial charge in [-0.2, -0.15) is 0 Å². The summed E-state index contributed by atoms with van der Waals surface area (Å²) in [6.45, 7) is 2.14. The predicted molar refractivity (Wildman–Crippen MR) is 72.0 cm³/mol. The van der Waals surface area contributed by atoms with Gasteiger partial charge in [-0.25, -0.2) is 0 Å². The number of methoxy groups -OCH3 is 2. The molecule has 4 heteroatoms. The Morgan fingerprint density at radius 2 is 2.00 bits per heavy atom. The molecule has 1 aromatic carbocycles. The quantitative estimate of drug-likeness (QED) is 0.349. The second-order valence-corrected chi connectivity index (χ2v) is 4.07. The SMILES string of the molecule is CCCCC/C(=N/O)c1ccc(OC)cc1OC. The van der Waals surface area contributed by atoms with Crippen molar-refractivity contribution in [2.45, 2.75) is 32.6 Å². The molecular weight excluding hydrogens is 230 g/mol. The molecule has 0 radical (unpaired) electrons. The van der Waals surface area contributed by atoms with Gasteiger partial charge in [-0.3, -0.25) is 0 Å². The average molecular weight is 251 g/mol. The molecule has 0 aromatic heterocycles. The molecule has 4 nitrogen and oxygen atoms in total. The van der Waals surface area contributed by atoms with E-state index in [2.05, 4.69) is 12.1 Å². The Labute approximate surface area is 108 Å². The zero-order valence-electron chi connectivity index (χ0n) is 11.3. The summed E-state index contributed by atoms with van der Waals surface area (Å²) in [6.07, 6.45) is 4.01. The van der Waals surface area contributed by atoms with Gasteiger partial charge in [-0.05, 0) is 25.0 Å². The minimum Gasteiger partial charge on any atom is -0.497 e. The summed E-state index contributed by atoms with van der Waals surface area (Å²) in [7, 11) is 3.20. The molecule has 0 spiro atoms. The van der Waals surface area contributed by atoms with E-state index in [0.717, 1.165) is 37.0 Å². The van der Waals surface area contributed by atoms with Crippen LogP contribution in [-0.4, -0.2) is 25.1 Å². The number of hydrogen-bond donors (Lipinski definition) is 1. The normalized spacial score (nSPS) is 11.4. The van der Waals surface area contributed by atoms with E-state index in [1.54, 1.807) is 20.3 Å². The highest BCUT2D eigenvalue weighted by molar-refractivity contribution is 6.02. The fourth-order valence-corrected chi connectivity index (χ4v) is 1.82. The number of rotatable bonds is 7. The Morgan fingerprint density at radius 1 is 1.22 bits per heavy atom. The smallest absolute Gasteiger partial charge is 0.131 e. The van der Waals surface area contributed by atoms with E-state index < -0.39 is 0 Å². The molecular formula is C14H21NO3. The van der Waals surface area contributed by atoms with Gasteiger partial charge in [0.2, 0.25) is 0 Å². The summed E-state index contributed by atoms with van der Waals surface area (Å²) in [6, 6.07) is 5.49. The molecule has 18 heavy (non-hydrogen) atoms. The van der Waals surface area contributed by atoms with Crippen LogP contribution in [0.1, 0.15) is 38.2 Å². The molecule has 0 bridgehead atoms. The molecule has 0 fully saturated rings. The molecule has 0 aliphatic rings. The van der Waals surface area contributed by atoms with E-state index in [9.17, 15) is 0 Å². The number of hydrogen-bond acceptors (Lipinski definition) is 4. The molecule has 1 N–H and O–H groups in total. The van der Waals surface area contributed by atoms with E-state index in [1.165, 1.54) is 0 Å². The van der Waals surface area contributed by atoms with E-state index in [1.807, 2.05) is 12.1 Å². The lowest BCUT2D eigenvalue weighted by Crippen LogP contribution is -2.04. The van der Waals surface area contributed by atoms with Gasteiger partial charge in [0.15, 0.2) is 0 Å². The average Bonchev–Trinajstić information content (AvgIpc) is 2.43. The van der Waals surface area contributed by atoms with Gasteiger partial charge >= 0.3 is 0 Å². The van der Waals surface area contributed by atoms with Gasteiger partial charge in [0.1, 0.15) is 11.5 Å². The summed E-state index contributed by atoms with van der Waals surface area (Å²) in [5.41, 5.74) is 1.47. The van der Waals surface area contributed by atoms with E-state index in [4.69, 9.17) is 14.7 Å². The van der Waals surface area contributed by atoms with Crippen LogP contribution < -0.4 is 9.47 Å². The second kappa shape index (κ2) is 7.58. The van der Waals surface area contributed by atoms with Crippen molar-refractivity contribution in [3.8, 4) is 11.5 Å². The highest BCUT2D eigenvalue weighted by Gasteiger charge is 2.11. The number of oxime groups is 1. The van der Waals surface area contributed by atoms with Crippen molar-refractivity contribution in [3.63, 3.8) is 0 Å². The topological polar surface area (TPSA) is 51.1 Å². The van der Waals surface area contributed by atoms with Crippen LogP contribution in [0.15, 0.2) is 23.4 Å². The van der Waals surface area contributed by atoms with E-state index in [0.29, 0.717) is 11.5 Å². The minimum atomic E-state index is 0.656. The van der Waals surface area contributed by atoms with Gasteiger partial charge in [0, 0.05) is 11.6 Å². The first-order chi connectivity index (χ1) is 8.76. The molecule has 0 amide bonds. The number of unbranched alkanes of at least 4 members (excludes halogenated alkanes) is 2. The zero-order valence-corrected chi connectivity index (χ0v) is 11.3. The third-order valence-electron chi connectivity index (χ3n) is 2.86. The van der Waals surface area contributed by atoms with Crippen molar-refractivity contribution in [1.82, 2.24) is 0 Å². The molecule has 0 saturated heterocycles. The van der Waals surface area contributed by atoms with Crippen LogP contribution in [-0.2, 0) is 0 Å². The first-order valence-electron chi connectivity index (χ1n) is 6.20. The third kappa shape index (κ3) is 3.65. The van der Waals surface area contributed by atoms with Gasteiger partial charge < -0.3 is 14.7 Å². The molecule has 1 rings (SSSR count). The van der Waals surface area contributed by atoms with E-state index in [-0.39, 0.29) is 0 Å². The Morgan fingerprint density at radius 3 is 2.56 bits per heavy atom. The maximum atomic E-state index is 9.13. The monoisotopic (exact) mass is 251 g/mol. The standard InChI is InChI=1S/C14H21NO3/c1-4-5-6-7-13(15-16)12-9-8-11(17-2)10-14(12)18-3/h8-10,16H,4-7H2,1-3H3/b15-13-. The summed E-state index contributed by atoms with van der Waals surface area (Å²) in [5, 5.41) is 12.5. The highest BCUT2D eigenvalue weighted by Crippen LogP contribution is 2.26. The minimum absolute atomic E-state index is 0.656. The number of nitrogens with zero attached hydrogens (tertiary/aromatic N) is 1. The summed E-state index contributed by atoms with van der Waals surface area (Å²) >= 11 is 0. The first kappa shape index (κ1) is 14.4. The predicted octanol–water partition coefficient (Wildman–Crippen LogP) is 3.46. The molecule has 0 heterocycles. The van der Waals surface area contributed by atoms with Crippen molar-refractivity contribution in [2.24, 2.45) is 5.16 Å². The van der Waals surface area contributed by atoms with Gasteiger partial charge in [-0.15, -0.1) is 0 Å². The lowest BCUT2D eigenvalue weighted by molar-refractivity contribution is 0.317. The van der Waals surface area contributed by atoms with Crippen LogP contribution in [0.2, 0.25) is 0 Å². The summed E-state index contributed by atoms with van der Waals surface area (Å²) < 4.78 is 10.4. The maximum Gasteiger partial charge on any atom is 0.131 e.